The number of benzene rings is 3. The van der Waals surface area contributed by atoms with Crippen molar-refractivity contribution in [3.8, 4) is 11.5 Å². The molecule has 1 saturated heterocycles. The Morgan fingerprint density at radius 3 is 2.80 bits per heavy atom. The molecule has 0 bridgehead atoms. The van der Waals surface area contributed by atoms with Crippen LogP contribution in [0.4, 0.5) is 0 Å². The molecule has 3 aromatic rings. The van der Waals surface area contributed by atoms with Gasteiger partial charge in [-0.05, 0) is 57.0 Å². The fourth-order valence-corrected chi connectivity index (χ4v) is 4.85. The first-order valence-corrected chi connectivity index (χ1v) is 11.2. The summed E-state index contributed by atoms with van der Waals surface area (Å²) in [5, 5.41) is 3.02. The summed E-state index contributed by atoms with van der Waals surface area (Å²) < 4.78 is 18.8. The van der Waals surface area contributed by atoms with Gasteiger partial charge >= 0.3 is 0 Å². The van der Waals surface area contributed by atoms with Crippen LogP contribution in [0.2, 0.25) is 5.02 Å². The van der Waals surface area contributed by atoms with Gasteiger partial charge in [0.1, 0.15) is 23.9 Å². The van der Waals surface area contributed by atoms with Crippen LogP contribution >= 0.6 is 27.5 Å². The smallest absolute Gasteiger partial charge is 0.134 e. The van der Waals surface area contributed by atoms with Crippen LogP contribution in [0.1, 0.15) is 11.6 Å². The van der Waals surface area contributed by atoms with Gasteiger partial charge in [0.05, 0.1) is 23.7 Å². The molecule has 4 nitrogen and oxygen atoms in total. The van der Waals surface area contributed by atoms with Gasteiger partial charge in [0.15, 0.2) is 0 Å². The van der Waals surface area contributed by atoms with Crippen LogP contribution in [-0.2, 0) is 4.74 Å². The first-order valence-electron chi connectivity index (χ1n) is 10.00. The van der Waals surface area contributed by atoms with Gasteiger partial charge in [-0.1, -0.05) is 41.9 Å². The molecular weight excluding hydrogens is 466 g/mol. The lowest BCUT2D eigenvalue weighted by Gasteiger charge is -2.32. The Bertz CT molecular complexity index is 1110. The van der Waals surface area contributed by atoms with E-state index in [1.807, 2.05) is 42.5 Å². The minimum Gasteiger partial charge on any atom is -0.488 e. The van der Waals surface area contributed by atoms with Gasteiger partial charge in [-0.3, -0.25) is 4.90 Å². The first kappa shape index (κ1) is 19.9. The highest BCUT2D eigenvalue weighted by Gasteiger charge is 2.35. The van der Waals surface area contributed by atoms with E-state index in [2.05, 4.69) is 39.0 Å². The molecule has 0 amide bonds. The van der Waals surface area contributed by atoms with Gasteiger partial charge in [0, 0.05) is 23.7 Å². The van der Waals surface area contributed by atoms with Crippen LogP contribution in [0.25, 0.3) is 10.8 Å². The molecule has 1 fully saturated rings. The fraction of sp³-hybridized carbons (Fsp3) is 0.250. The second-order valence-electron chi connectivity index (χ2n) is 7.35. The molecule has 0 N–H and O–H groups in total. The van der Waals surface area contributed by atoms with Gasteiger partial charge in [0.25, 0.3) is 0 Å². The van der Waals surface area contributed by atoms with E-state index in [1.54, 1.807) is 0 Å². The number of ether oxygens (including phenoxy) is 3. The quantitative estimate of drug-likeness (QED) is 0.454. The number of halogens is 2. The third-order valence-electron chi connectivity index (χ3n) is 5.53. The predicted octanol–water partition coefficient (Wildman–Crippen LogP) is 5.98. The molecule has 3 aromatic carbocycles. The summed E-state index contributed by atoms with van der Waals surface area (Å²) in [5.41, 5.74) is 1.10. The summed E-state index contributed by atoms with van der Waals surface area (Å²) >= 11 is 9.96. The lowest BCUT2D eigenvalue weighted by molar-refractivity contribution is 0.0206. The second-order valence-corrected chi connectivity index (χ2v) is 8.58. The molecule has 1 unspecified atom stereocenters. The lowest BCUT2D eigenvalue weighted by atomic mass is 10.0. The van der Waals surface area contributed by atoms with Crippen molar-refractivity contribution in [1.82, 2.24) is 4.90 Å². The van der Waals surface area contributed by atoms with Gasteiger partial charge < -0.3 is 14.2 Å². The van der Waals surface area contributed by atoms with E-state index in [4.69, 9.17) is 25.8 Å². The van der Waals surface area contributed by atoms with Crippen molar-refractivity contribution < 1.29 is 14.2 Å². The third-order valence-corrected chi connectivity index (χ3v) is 6.58. The zero-order valence-corrected chi connectivity index (χ0v) is 18.7. The fourth-order valence-electron chi connectivity index (χ4n) is 4.07. The van der Waals surface area contributed by atoms with E-state index in [9.17, 15) is 0 Å². The highest BCUT2D eigenvalue weighted by molar-refractivity contribution is 9.10. The van der Waals surface area contributed by atoms with Crippen LogP contribution in [0.15, 0.2) is 70.9 Å². The van der Waals surface area contributed by atoms with Crippen molar-refractivity contribution in [3.63, 3.8) is 0 Å². The van der Waals surface area contributed by atoms with Crippen molar-refractivity contribution in [2.75, 3.05) is 32.9 Å². The maximum atomic E-state index is 6.28. The van der Waals surface area contributed by atoms with E-state index in [0.717, 1.165) is 59.0 Å². The average molecular weight is 487 g/mol. The van der Waals surface area contributed by atoms with E-state index in [0.29, 0.717) is 11.6 Å². The molecule has 2 heterocycles. The first-order chi connectivity index (χ1) is 14.7. The molecule has 5 rings (SSSR count). The molecule has 0 aliphatic carbocycles. The second kappa shape index (κ2) is 8.60. The highest BCUT2D eigenvalue weighted by Crippen LogP contribution is 2.44. The minimum absolute atomic E-state index is 0.0336. The van der Waals surface area contributed by atoms with Crippen LogP contribution in [-0.4, -0.2) is 37.8 Å². The number of fused-ring (bicyclic) bond motifs is 2. The van der Waals surface area contributed by atoms with Gasteiger partial charge in [-0.2, -0.15) is 0 Å². The molecule has 0 radical (unpaired) electrons. The third kappa shape index (κ3) is 3.83. The van der Waals surface area contributed by atoms with Crippen molar-refractivity contribution >= 4 is 38.3 Å². The molecule has 2 aliphatic heterocycles. The van der Waals surface area contributed by atoms with Crippen molar-refractivity contribution in [1.29, 1.82) is 0 Å². The van der Waals surface area contributed by atoms with E-state index in [-0.39, 0.29) is 6.04 Å². The van der Waals surface area contributed by atoms with Crippen LogP contribution in [0.5, 0.6) is 11.5 Å². The van der Waals surface area contributed by atoms with Gasteiger partial charge in [-0.15, -0.1) is 0 Å². The lowest BCUT2D eigenvalue weighted by Crippen LogP contribution is -2.39. The largest absolute Gasteiger partial charge is 0.488 e. The normalized spacial score (nSPS) is 20.3. The number of morpholine rings is 1. The summed E-state index contributed by atoms with van der Waals surface area (Å²) in [6, 6.07) is 18.1. The summed E-state index contributed by atoms with van der Waals surface area (Å²) in [4.78, 5) is 2.38. The Labute approximate surface area is 189 Å². The molecule has 0 spiro atoms. The molecule has 2 aliphatic rings. The monoisotopic (exact) mass is 485 g/mol. The number of hydrogen-bond donors (Lipinski definition) is 0. The zero-order valence-electron chi connectivity index (χ0n) is 16.3. The Kier molecular flexibility index (Phi) is 5.70. The summed E-state index contributed by atoms with van der Waals surface area (Å²) in [7, 11) is 0. The van der Waals surface area contributed by atoms with Crippen LogP contribution in [0, 0.1) is 0 Å². The van der Waals surface area contributed by atoms with Crippen molar-refractivity contribution in [3.05, 3.63) is 81.5 Å². The standard InChI is InChI=1S/C24H21BrClNO3/c25-23-18-4-2-1-3-16(18)5-7-21(23)29-12-9-22-24(27-10-13-28-14-11-27)19-15-17(26)6-8-20(19)30-22/h1-9,15,24H,10-14H2/b22-9-. The molecule has 0 aromatic heterocycles. The zero-order chi connectivity index (χ0) is 20.5. The molecule has 1 atom stereocenters. The molecule has 0 saturated carbocycles. The Hall–Kier alpha value is -2.05. The number of hydrogen-bond acceptors (Lipinski definition) is 4. The minimum atomic E-state index is 0.0336. The van der Waals surface area contributed by atoms with Crippen LogP contribution < -0.4 is 9.47 Å². The molecule has 6 heteroatoms. The predicted molar refractivity (Wildman–Crippen MR) is 122 cm³/mol. The maximum Gasteiger partial charge on any atom is 0.134 e. The maximum absolute atomic E-state index is 6.28. The summed E-state index contributed by atoms with van der Waals surface area (Å²) in [6.07, 6.45) is 2.02. The van der Waals surface area contributed by atoms with Gasteiger partial charge in [0.2, 0.25) is 0 Å². The Balaban J connectivity index is 1.39. The van der Waals surface area contributed by atoms with E-state index < -0.39 is 0 Å². The van der Waals surface area contributed by atoms with E-state index in [1.165, 1.54) is 5.39 Å². The van der Waals surface area contributed by atoms with E-state index >= 15 is 0 Å². The van der Waals surface area contributed by atoms with Crippen molar-refractivity contribution in [2.45, 2.75) is 6.04 Å². The van der Waals surface area contributed by atoms with Crippen molar-refractivity contribution in [2.24, 2.45) is 0 Å². The van der Waals surface area contributed by atoms with Crippen LogP contribution in [0.3, 0.4) is 0 Å². The highest BCUT2D eigenvalue weighted by atomic mass is 79.9. The Morgan fingerprint density at radius 2 is 1.93 bits per heavy atom. The molecule has 154 valence electrons. The molecule has 30 heavy (non-hydrogen) atoms. The topological polar surface area (TPSA) is 30.9 Å². The summed E-state index contributed by atoms with van der Waals surface area (Å²) in [6.45, 7) is 3.57. The Morgan fingerprint density at radius 1 is 1.10 bits per heavy atom. The van der Waals surface area contributed by atoms with Gasteiger partial charge in [-0.25, -0.2) is 0 Å². The number of nitrogens with zero attached hydrogens (tertiary/aromatic N) is 1. The summed E-state index contributed by atoms with van der Waals surface area (Å²) in [5.74, 6) is 2.55. The SMILES string of the molecule is Clc1ccc2c(c1)C(N1CCOCC1)/C(=C/COc1ccc3ccccc3c1Br)O2. The average Bonchev–Trinajstić information content (AvgIpc) is 3.13. The number of rotatable bonds is 4. The molecular formula is C24H21BrClNO3.